The summed E-state index contributed by atoms with van der Waals surface area (Å²) < 4.78 is 12.5. The highest BCUT2D eigenvalue weighted by molar-refractivity contribution is 9.10. The van der Waals surface area contributed by atoms with Crippen molar-refractivity contribution in [1.82, 2.24) is 0 Å². The molecule has 29 heavy (non-hydrogen) atoms. The van der Waals surface area contributed by atoms with Crippen LogP contribution >= 0.6 is 15.9 Å². The second kappa shape index (κ2) is 8.74. The molecule has 0 heterocycles. The minimum Gasteiger partial charge on any atom is -0.497 e. The molecule has 2 rings (SSSR count). The van der Waals surface area contributed by atoms with Crippen LogP contribution in [0.25, 0.3) is 0 Å². The Bertz CT molecular complexity index is 880. The van der Waals surface area contributed by atoms with E-state index in [-0.39, 0.29) is 16.8 Å². The second-order valence-corrected chi connectivity index (χ2v) is 10.1. The van der Waals surface area contributed by atoms with E-state index in [9.17, 15) is 4.79 Å². The minimum absolute atomic E-state index is 0.231. The Balaban J connectivity index is 2.67. The highest BCUT2D eigenvalue weighted by Gasteiger charge is 2.30. The number of carbonyl (C=O) groups is 1. The Morgan fingerprint density at radius 2 is 1.62 bits per heavy atom. The van der Waals surface area contributed by atoms with Crippen LogP contribution < -0.4 is 9.47 Å². The van der Waals surface area contributed by atoms with E-state index < -0.39 is 0 Å². The summed E-state index contributed by atoms with van der Waals surface area (Å²) in [4.78, 5) is 13.3. The maximum atomic E-state index is 13.3. The van der Waals surface area contributed by atoms with Crippen molar-refractivity contribution in [1.29, 1.82) is 0 Å². The Labute approximate surface area is 183 Å². The van der Waals surface area contributed by atoms with Gasteiger partial charge in [0, 0.05) is 15.6 Å². The van der Waals surface area contributed by atoms with Gasteiger partial charge >= 0.3 is 5.97 Å². The summed E-state index contributed by atoms with van der Waals surface area (Å²) in [6, 6.07) is 9.48. The lowest BCUT2D eigenvalue weighted by Crippen LogP contribution is -2.22. The zero-order chi connectivity index (χ0) is 22.0. The lowest BCUT2D eigenvalue weighted by atomic mass is 9.79. The quantitative estimate of drug-likeness (QED) is 0.274. The van der Waals surface area contributed by atoms with Gasteiger partial charge in [-0.15, -0.1) is 6.58 Å². The standard InChI is InChI=1S/C25H31BrO3/c1-9-11-17-18(12-10-13-21(17)26)23(27)29-22-19(24(2,3)4)14-16(28-8)15-20(22)25(5,6)7/h9-10,12-15H,1,11H2,2-8H3. The molecule has 0 saturated carbocycles. The molecular formula is C25H31BrO3. The molecule has 2 aromatic rings. The summed E-state index contributed by atoms with van der Waals surface area (Å²) in [5.74, 6) is 0.999. The van der Waals surface area contributed by atoms with Gasteiger partial charge in [0.15, 0.2) is 0 Å². The van der Waals surface area contributed by atoms with E-state index in [1.165, 1.54) is 0 Å². The summed E-state index contributed by atoms with van der Waals surface area (Å²) in [7, 11) is 1.66. The molecule has 4 heteroatoms. The smallest absolute Gasteiger partial charge is 0.343 e. The van der Waals surface area contributed by atoms with Gasteiger partial charge in [-0.25, -0.2) is 4.79 Å². The summed E-state index contributed by atoms with van der Waals surface area (Å²) in [5.41, 5.74) is 2.83. The van der Waals surface area contributed by atoms with E-state index in [0.29, 0.717) is 17.7 Å². The van der Waals surface area contributed by atoms with Crippen molar-refractivity contribution < 1.29 is 14.3 Å². The van der Waals surface area contributed by atoms with Crippen molar-refractivity contribution in [2.45, 2.75) is 58.8 Å². The van der Waals surface area contributed by atoms with E-state index in [2.05, 4.69) is 64.1 Å². The first-order valence-corrected chi connectivity index (χ1v) is 10.5. The number of hydrogen-bond donors (Lipinski definition) is 0. The zero-order valence-corrected chi connectivity index (χ0v) is 20.1. The van der Waals surface area contributed by atoms with Crippen LogP contribution in [0.15, 0.2) is 47.5 Å². The average Bonchev–Trinajstić information content (AvgIpc) is 2.61. The summed E-state index contributed by atoms with van der Waals surface area (Å²) in [6.07, 6.45) is 2.36. The molecule has 0 aliphatic rings. The third kappa shape index (κ3) is 5.30. The number of carbonyl (C=O) groups excluding carboxylic acids is 1. The van der Waals surface area contributed by atoms with Crippen LogP contribution in [0.2, 0.25) is 0 Å². The van der Waals surface area contributed by atoms with Gasteiger partial charge in [-0.3, -0.25) is 0 Å². The highest BCUT2D eigenvalue weighted by atomic mass is 79.9. The first-order chi connectivity index (χ1) is 13.4. The van der Waals surface area contributed by atoms with E-state index in [0.717, 1.165) is 26.9 Å². The van der Waals surface area contributed by atoms with E-state index in [4.69, 9.17) is 9.47 Å². The van der Waals surface area contributed by atoms with Crippen molar-refractivity contribution in [3.8, 4) is 11.5 Å². The largest absolute Gasteiger partial charge is 0.497 e. The molecule has 0 N–H and O–H groups in total. The van der Waals surface area contributed by atoms with Crippen molar-refractivity contribution in [3.63, 3.8) is 0 Å². The van der Waals surface area contributed by atoms with Crippen LogP contribution in [0, 0.1) is 0 Å². The fourth-order valence-corrected chi connectivity index (χ4v) is 3.72. The third-order valence-corrected chi connectivity index (χ3v) is 5.54. The molecule has 0 aliphatic carbocycles. The van der Waals surface area contributed by atoms with Crippen LogP contribution in [0.4, 0.5) is 0 Å². The minimum atomic E-state index is -0.371. The number of allylic oxidation sites excluding steroid dienone is 1. The molecule has 0 spiro atoms. The van der Waals surface area contributed by atoms with Crippen LogP contribution in [0.5, 0.6) is 11.5 Å². The van der Waals surface area contributed by atoms with E-state index in [1.54, 1.807) is 19.3 Å². The monoisotopic (exact) mass is 458 g/mol. The number of benzene rings is 2. The molecule has 2 aromatic carbocycles. The number of ether oxygens (including phenoxy) is 2. The lowest BCUT2D eigenvalue weighted by molar-refractivity contribution is 0.0727. The molecule has 0 saturated heterocycles. The Hall–Kier alpha value is -2.07. The molecule has 0 unspecified atom stereocenters. The fourth-order valence-electron chi connectivity index (χ4n) is 3.19. The van der Waals surface area contributed by atoms with Crippen molar-refractivity contribution in [2.24, 2.45) is 0 Å². The lowest BCUT2D eigenvalue weighted by Gasteiger charge is -2.30. The van der Waals surface area contributed by atoms with Crippen LogP contribution in [0.3, 0.4) is 0 Å². The Morgan fingerprint density at radius 3 is 2.07 bits per heavy atom. The molecule has 0 aromatic heterocycles. The van der Waals surface area contributed by atoms with Crippen LogP contribution in [-0.2, 0) is 17.3 Å². The maximum Gasteiger partial charge on any atom is 0.343 e. The number of esters is 1. The molecule has 0 bridgehead atoms. The number of halogens is 1. The van der Waals surface area contributed by atoms with Crippen LogP contribution in [-0.4, -0.2) is 13.1 Å². The molecular weight excluding hydrogens is 428 g/mol. The van der Waals surface area contributed by atoms with Crippen LogP contribution in [0.1, 0.15) is 68.6 Å². The highest BCUT2D eigenvalue weighted by Crippen LogP contribution is 2.43. The SMILES string of the molecule is C=CCc1c(Br)cccc1C(=O)Oc1c(C(C)(C)C)cc(OC)cc1C(C)(C)C. The topological polar surface area (TPSA) is 35.5 Å². The van der Waals surface area contributed by atoms with Gasteiger partial charge in [-0.05, 0) is 47.1 Å². The van der Waals surface area contributed by atoms with Gasteiger partial charge in [-0.2, -0.15) is 0 Å². The van der Waals surface area contributed by atoms with Crippen molar-refractivity contribution in [3.05, 3.63) is 69.7 Å². The van der Waals surface area contributed by atoms with Gasteiger partial charge in [0.2, 0.25) is 0 Å². The first kappa shape index (κ1) is 23.2. The number of rotatable bonds is 5. The first-order valence-electron chi connectivity index (χ1n) is 9.73. The normalized spacial score (nSPS) is 11.9. The Morgan fingerprint density at radius 1 is 1.07 bits per heavy atom. The van der Waals surface area contributed by atoms with Gasteiger partial charge in [0.05, 0.1) is 12.7 Å². The molecule has 0 atom stereocenters. The third-order valence-electron chi connectivity index (χ3n) is 4.80. The predicted molar refractivity (Wildman–Crippen MR) is 123 cm³/mol. The number of methoxy groups -OCH3 is 1. The second-order valence-electron chi connectivity index (χ2n) is 9.20. The molecule has 0 aliphatic heterocycles. The van der Waals surface area contributed by atoms with E-state index in [1.807, 2.05) is 24.3 Å². The van der Waals surface area contributed by atoms with Crippen molar-refractivity contribution >= 4 is 21.9 Å². The van der Waals surface area contributed by atoms with Gasteiger partial charge < -0.3 is 9.47 Å². The molecule has 0 fully saturated rings. The van der Waals surface area contributed by atoms with Gasteiger partial charge in [-0.1, -0.05) is 69.6 Å². The van der Waals surface area contributed by atoms with Gasteiger partial charge in [0.25, 0.3) is 0 Å². The van der Waals surface area contributed by atoms with Crippen molar-refractivity contribution in [2.75, 3.05) is 7.11 Å². The fraction of sp³-hybridized carbons (Fsp3) is 0.400. The van der Waals surface area contributed by atoms with E-state index >= 15 is 0 Å². The molecule has 0 amide bonds. The molecule has 0 radical (unpaired) electrons. The molecule has 156 valence electrons. The summed E-state index contributed by atoms with van der Waals surface area (Å²) >= 11 is 3.54. The summed E-state index contributed by atoms with van der Waals surface area (Å²) in [5, 5.41) is 0. The maximum absolute atomic E-state index is 13.3. The Kier molecular flexibility index (Phi) is 7.00. The number of hydrogen-bond acceptors (Lipinski definition) is 3. The predicted octanol–water partition coefficient (Wildman–Crippen LogP) is 7.00. The average molecular weight is 459 g/mol. The van der Waals surface area contributed by atoms with Gasteiger partial charge in [0.1, 0.15) is 11.5 Å². The summed E-state index contributed by atoms with van der Waals surface area (Å²) in [6.45, 7) is 16.4. The molecule has 3 nitrogen and oxygen atoms in total. The zero-order valence-electron chi connectivity index (χ0n) is 18.5.